The van der Waals surface area contributed by atoms with Gasteiger partial charge in [0, 0.05) is 19.4 Å². The molecule has 18 heavy (non-hydrogen) atoms. The molecule has 1 aliphatic heterocycles. The molecule has 0 saturated carbocycles. The van der Waals surface area contributed by atoms with Gasteiger partial charge in [0.25, 0.3) is 0 Å². The molecule has 1 aliphatic rings. The zero-order valence-electron chi connectivity index (χ0n) is 10.4. The fourth-order valence-electron chi connectivity index (χ4n) is 2.10. The highest BCUT2D eigenvalue weighted by Crippen LogP contribution is 2.16. The molecule has 1 aromatic carbocycles. The van der Waals surface area contributed by atoms with E-state index in [-0.39, 0.29) is 11.8 Å². The number of hydrogen-bond acceptors (Lipinski definition) is 3. The summed E-state index contributed by atoms with van der Waals surface area (Å²) in [5.74, 6) is -0.110. The molecule has 1 fully saturated rings. The summed E-state index contributed by atoms with van der Waals surface area (Å²) < 4.78 is 0. The molecular formula is C14H18N2O2. The van der Waals surface area contributed by atoms with Gasteiger partial charge in [0.05, 0.1) is 6.54 Å². The lowest BCUT2D eigenvalue weighted by Crippen LogP contribution is -2.34. The number of carbonyl (C=O) groups is 2. The van der Waals surface area contributed by atoms with E-state index in [2.05, 4.69) is 0 Å². The molecule has 0 radical (unpaired) electrons. The average molecular weight is 246 g/mol. The highest BCUT2D eigenvalue weighted by molar-refractivity contribution is 5.95. The summed E-state index contributed by atoms with van der Waals surface area (Å²) in [5.41, 5.74) is 7.55. The molecule has 1 saturated heterocycles. The summed E-state index contributed by atoms with van der Waals surface area (Å²) in [6.45, 7) is 0.879. The molecule has 0 bridgehead atoms. The number of nitrogens with zero attached hydrogens (tertiary/aromatic N) is 1. The number of amides is 2. The second kappa shape index (κ2) is 5.78. The molecule has 96 valence electrons. The van der Waals surface area contributed by atoms with Crippen LogP contribution in [0.25, 0.3) is 0 Å². The van der Waals surface area contributed by atoms with E-state index in [9.17, 15) is 9.59 Å². The van der Waals surface area contributed by atoms with Crippen molar-refractivity contribution in [1.82, 2.24) is 4.90 Å². The maximum Gasteiger partial charge on any atom is 0.229 e. The number of rotatable bonds is 3. The predicted octanol–water partition coefficient (Wildman–Crippen LogP) is 1.57. The van der Waals surface area contributed by atoms with Crippen LogP contribution in [0, 0.1) is 0 Å². The number of likely N-dealkylation sites (tertiary alicyclic amines) is 1. The quantitative estimate of drug-likeness (QED) is 0.823. The molecule has 1 heterocycles. The standard InChI is InChI=1S/C14H18N2O2/c15-9-11-5-7-12(8-6-11)10-16-13(17)3-1-2-4-14(16)18/h5-8H,1-4,9-10,15H2. The summed E-state index contributed by atoms with van der Waals surface area (Å²) in [5, 5.41) is 0. The van der Waals surface area contributed by atoms with E-state index in [4.69, 9.17) is 5.73 Å². The Morgan fingerprint density at radius 1 is 0.944 bits per heavy atom. The van der Waals surface area contributed by atoms with Gasteiger partial charge >= 0.3 is 0 Å². The van der Waals surface area contributed by atoms with E-state index < -0.39 is 0 Å². The summed E-state index contributed by atoms with van der Waals surface area (Å²) in [6.07, 6.45) is 2.58. The summed E-state index contributed by atoms with van der Waals surface area (Å²) >= 11 is 0. The number of imide groups is 1. The Kier molecular flexibility index (Phi) is 4.10. The van der Waals surface area contributed by atoms with Gasteiger partial charge < -0.3 is 5.73 Å². The molecule has 4 nitrogen and oxygen atoms in total. The molecule has 0 aromatic heterocycles. The monoisotopic (exact) mass is 246 g/mol. The first-order valence-electron chi connectivity index (χ1n) is 6.32. The maximum absolute atomic E-state index is 11.8. The minimum atomic E-state index is -0.0552. The van der Waals surface area contributed by atoms with E-state index in [0.29, 0.717) is 25.9 Å². The first-order valence-corrected chi connectivity index (χ1v) is 6.32. The Morgan fingerprint density at radius 3 is 1.94 bits per heavy atom. The molecule has 0 aliphatic carbocycles. The normalized spacial score (nSPS) is 16.8. The van der Waals surface area contributed by atoms with Crippen molar-refractivity contribution >= 4 is 11.8 Å². The van der Waals surface area contributed by atoms with Crippen LogP contribution < -0.4 is 5.73 Å². The third-order valence-electron chi connectivity index (χ3n) is 3.23. The SMILES string of the molecule is NCc1ccc(CN2C(=O)CCCCC2=O)cc1. The van der Waals surface area contributed by atoms with Crippen molar-refractivity contribution in [2.24, 2.45) is 5.73 Å². The van der Waals surface area contributed by atoms with Crippen molar-refractivity contribution < 1.29 is 9.59 Å². The maximum atomic E-state index is 11.8. The molecule has 0 atom stereocenters. The molecule has 2 N–H and O–H groups in total. The molecule has 0 unspecified atom stereocenters. The lowest BCUT2D eigenvalue weighted by molar-refractivity contribution is -0.144. The van der Waals surface area contributed by atoms with Crippen LogP contribution in [0.2, 0.25) is 0 Å². The van der Waals surface area contributed by atoms with Gasteiger partial charge in [-0.1, -0.05) is 24.3 Å². The van der Waals surface area contributed by atoms with E-state index in [1.165, 1.54) is 4.90 Å². The molecule has 1 aromatic rings. The van der Waals surface area contributed by atoms with Gasteiger partial charge in [-0.2, -0.15) is 0 Å². The molecule has 4 heteroatoms. The largest absolute Gasteiger partial charge is 0.326 e. The topological polar surface area (TPSA) is 63.4 Å². The number of hydrogen-bond donors (Lipinski definition) is 1. The number of carbonyl (C=O) groups excluding carboxylic acids is 2. The summed E-state index contributed by atoms with van der Waals surface area (Å²) in [7, 11) is 0. The predicted molar refractivity (Wildman–Crippen MR) is 68.4 cm³/mol. The Balaban J connectivity index is 2.10. The van der Waals surface area contributed by atoms with Crippen LogP contribution in [0.3, 0.4) is 0 Å². The Morgan fingerprint density at radius 2 is 1.44 bits per heavy atom. The van der Waals surface area contributed by atoms with Gasteiger partial charge in [-0.25, -0.2) is 0 Å². The zero-order chi connectivity index (χ0) is 13.0. The number of nitrogens with two attached hydrogens (primary N) is 1. The van der Waals surface area contributed by atoms with Crippen LogP contribution in [-0.4, -0.2) is 16.7 Å². The molecule has 2 amide bonds. The van der Waals surface area contributed by atoms with Crippen LogP contribution >= 0.6 is 0 Å². The van der Waals surface area contributed by atoms with Crippen LogP contribution in [0.15, 0.2) is 24.3 Å². The fourth-order valence-corrected chi connectivity index (χ4v) is 2.10. The van der Waals surface area contributed by atoms with Crippen molar-refractivity contribution in [3.8, 4) is 0 Å². The highest BCUT2D eigenvalue weighted by atomic mass is 16.2. The third-order valence-corrected chi connectivity index (χ3v) is 3.23. The fraction of sp³-hybridized carbons (Fsp3) is 0.429. The smallest absolute Gasteiger partial charge is 0.229 e. The first kappa shape index (κ1) is 12.8. The second-order valence-corrected chi connectivity index (χ2v) is 4.60. The minimum Gasteiger partial charge on any atom is -0.326 e. The van der Waals surface area contributed by atoms with Crippen molar-refractivity contribution in [1.29, 1.82) is 0 Å². The zero-order valence-corrected chi connectivity index (χ0v) is 10.4. The van der Waals surface area contributed by atoms with Gasteiger partial charge in [-0.3, -0.25) is 14.5 Å². The first-order chi connectivity index (χ1) is 8.70. The van der Waals surface area contributed by atoms with Gasteiger partial charge in [-0.05, 0) is 24.0 Å². The van der Waals surface area contributed by atoms with Crippen LogP contribution in [0.5, 0.6) is 0 Å². The summed E-state index contributed by atoms with van der Waals surface area (Å²) in [6, 6.07) is 7.71. The van der Waals surface area contributed by atoms with E-state index in [1.54, 1.807) is 0 Å². The van der Waals surface area contributed by atoms with Crippen LogP contribution in [0.1, 0.15) is 36.8 Å². The second-order valence-electron chi connectivity index (χ2n) is 4.60. The molecular weight excluding hydrogens is 228 g/mol. The minimum absolute atomic E-state index is 0.0552. The average Bonchev–Trinajstić information content (AvgIpc) is 2.55. The van der Waals surface area contributed by atoms with Gasteiger partial charge in [0.15, 0.2) is 0 Å². The van der Waals surface area contributed by atoms with Crippen molar-refractivity contribution in [3.05, 3.63) is 35.4 Å². The van der Waals surface area contributed by atoms with Gasteiger partial charge in [-0.15, -0.1) is 0 Å². The van der Waals surface area contributed by atoms with E-state index >= 15 is 0 Å². The Bertz CT molecular complexity index is 422. The molecule has 2 rings (SSSR count). The van der Waals surface area contributed by atoms with Crippen molar-refractivity contribution in [2.75, 3.05) is 0 Å². The van der Waals surface area contributed by atoms with E-state index in [0.717, 1.165) is 24.0 Å². The number of benzene rings is 1. The van der Waals surface area contributed by atoms with E-state index in [1.807, 2.05) is 24.3 Å². The van der Waals surface area contributed by atoms with Gasteiger partial charge in [0.1, 0.15) is 0 Å². The van der Waals surface area contributed by atoms with Crippen molar-refractivity contribution in [2.45, 2.75) is 38.8 Å². The Hall–Kier alpha value is -1.68. The lowest BCUT2D eigenvalue weighted by atomic mass is 10.1. The summed E-state index contributed by atoms with van der Waals surface area (Å²) in [4.78, 5) is 25.1. The lowest BCUT2D eigenvalue weighted by Gasteiger charge is -2.18. The third kappa shape index (κ3) is 2.96. The Labute approximate surface area is 107 Å². The van der Waals surface area contributed by atoms with Crippen LogP contribution in [0.4, 0.5) is 0 Å². The van der Waals surface area contributed by atoms with Crippen LogP contribution in [-0.2, 0) is 22.7 Å². The van der Waals surface area contributed by atoms with Crippen molar-refractivity contribution in [3.63, 3.8) is 0 Å². The molecule has 0 spiro atoms. The van der Waals surface area contributed by atoms with Gasteiger partial charge in [0.2, 0.25) is 11.8 Å². The highest BCUT2D eigenvalue weighted by Gasteiger charge is 2.23.